The molecule has 2 atom stereocenters. The highest BCUT2D eigenvalue weighted by molar-refractivity contribution is 5.88. The Labute approximate surface area is 205 Å². The molecule has 6 rings (SSSR count). The molecule has 0 aliphatic carbocycles. The number of nitrogens with zero attached hydrogens (tertiary/aromatic N) is 4. The number of anilines is 2. The fraction of sp³-hybridized carbons (Fsp3) is 0.519. The lowest BCUT2D eigenvalue weighted by Crippen LogP contribution is -2.53. The molecule has 2 fully saturated rings. The van der Waals surface area contributed by atoms with Crippen LogP contribution < -0.4 is 14.4 Å². The first kappa shape index (κ1) is 22.6. The summed E-state index contributed by atoms with van der Waals surface area (Å²) in [6, 6.07) is 9.46. The van der Waals surface area contributed by atoms with Crippen molar-refractivity contribution in [3.63, 3.8) is 0 Å². The van der Waals surface area contributed by atoms with E-state index >= 15 is 4.39 Å². The summed E-state index contributed by atoms with van der Waals surface area (Å²) >= 11 is 0. The van der Waals surface area contributed by atoms with Gasteiger partial charge in [-0.2, -0.15) is 5.10 Å². The van der Waals surface area contributed by atoms with Gasteiger partial charge in [-0.3, -0.25) is 4.90 Å². The Hall–Kier alpha value is -2.84. The van der Waals surface area contributed by atoms with Crippen LogP contribution in [0, 0.1) is 5.82 Å². The standard InChI is InChI=1S/C27H33FN4O3/c1-3-9-30-15-21(16-30)35-25-8-7-20(12-22(25)28)31-18(2)17-34-26-13-23-19(11-24(26)31)14-29-32(23)27-6-4-5-10-33-27/h7-8,11-14,18,21,27H,3-6,9-10,15-17H2,1-2H3/t18-,27?/m1/s1. The topological polar surface area (TPSA) is 52.0 Å². The Balaban J connectivity index is 1.27. The van der Waals surface area contributed by atoms with Crippen LogP contribution in [0.25, 0.3) is 10.9 Å². The van der Waals surface area contributed by atoms with Gasteiger partial charge >= 0.3 is 0 Å². The molecule has 1 aromatic heterocycles. The molecule has 2 aromatic carbocycles. The van der Waals surface area contributed by atoms with Gasteiger partial charge in [-0.05, 0) is 57.4 Å². The fourth-order valence-corrected chi connectivity index (χ4v) is 5.44. The minimum absolute atomic E-state index is 0.0377. The van der Waals surface area contributed by atoms with Crippen LogP contribution in [0.3, 0.4) is 0 Å². The number of halogens is 1. The van der Waals surface area contributed by atoms with Gasteiger partial charge in [0.2, 0.25) is 0 Å². The Kier molecular flexibility index (Phi) is 6.02. The Morgan fingerprint density at radius 2 is 2.06 bits per heavy atom. The smallest absolute Gasteiger partial charge is 0.167 e. The summed E-state index contributed by atoms with van der Waals surface area (Å²) < 4.78 is 35.1. The molecule has 0 amide bonds. The summed E-state index contributed by atoms with van der Waals surface area (Å²) in [5.41, 5.74) is 2.70. The van der Waals surface area contributed by atoms with Crippen LogP contribution in [-0.2, 0) is 4.74 Å². The Morgan fingerprint density at radius 3 is 2.83 bits per heavy atom. The molecule has 3 aliphatic rings. The van der Waals surface area contributed by atoms with Crippen LogP contribution in [0.2, 0.25) is 0 Å². The summed E-state index contributed by atoms with van der Waals surface area (Å²) in [5, 5.41) is 5.64. The summed E-state index contributed by atoms with van der Waals surface area (Å²) in [5.74, 6) is 0.764. The zero-order valence-corrected chi connectivity index (χ0v) is 20.5. The molecule has 4 heterocycles. The number of ether oxygens (including phenoxy) is 3. The van der Waals surface area contributed by atoms with Crippen LogP contribution in [0.5, 0.6) is 11.5 Å². The summed E-state index contributed by atoms with van der Waals surface area (Å²) in [6.07, 6.45) is 6.22. The molecule has 35 heavy (non-hydrogen) atoms. The van der Waals surface area contributed by atoms with Crippen molar-refractivity contribution in [3.8, 4) is 11.5 Å². The lowest BCUT2D eigenvalue weighted by molar-refractivity contribution is -0.0366. The van der Waals surface area contributed by atoms with Gasteiger partial charge in [0.25, 0.3) is 0 Å². The molecule has 0 radical (unpaired) electrons. The van der Waals surface area contributed by atoms with E-state index in [0.29, 0.717) is 12.4 Å². The average molecular weight is 481 g/mol. The number of likely N-dealkylation sites (tertiary alicyclic amines) is 1. The number of rotatable bonds is 6. The molecule has 0 spiro atoms. The van der Waals surface area contributed by atoms with Crippen molar-refractivity contribution in [2.24, 2.45) is 0 Å². The predicted molar refractivity (Wildman–Crippen MR) is 133 cm³/mol. The van der Waals surface area contributed by atoms with E-state index in [1.165, 1.54) is 0 Å². The molecule has 186 valence electrons. The third kappa shape index (κ3) is 4.23. The maximum absolute atomic E-state index is 15.1. The first-order valence-corrected chi connectivity index (χ1v) is 12.8. The molecule has 7 nitrogen and oxygen atoms in total. The molecule has 0 bridgehead atoms. The van der Waals surface area contributed by atoms with Gasteiger partial charge in [0.1, 0.15) is 18.5 Å². The monoisotopic (exact) mass is 480 g/mol. The van der Waals surface area contributed by atoms with Crippen LogP contribution in [0.15, 0.2) is 36.5 Å². The lowest BCUT2D eigenvalue weighted by atomic mass is 10.1. The summed E-state index contributed by atoms with van der Waals surface area (Å²) in [6.45, 7) is 8.32. The number of aromatic nitrogens is 2. The Morgan fingerprint density at radius 1 is 1.17 bits per heavy atom. The predicted octanol–water partition coefficient (Wildman–Crippen LogP) is 5.27. The zero-order chi connectivity index (χ0) is 23.9. The normalized spacial score (nSPS) is 23.1. The maximum atomic E-state index is 15.1. The molecule has 3 aromatic rings. The van der Waals surface area contributed by atoms with E-state index in [0.717, 1.165) is 80.0 Å². The van der Waals surface area contributed by atoms with Crippen LogP contribution in [0.4, 0.5) is 15.8 Å². The van der Waals surface area contributed by atoms with E-state index in [1.807, 2.05) is 23.0 Å². The third-order valence-electron chi connectivity index (χ3n) is 7.24. The quantitative estimate of drug-likeness (QED) is 0.479. The van der Waals surface area contributed by atoms with Gasteiger partial charge in [-0.15, -0.1) is 0 Å². The van der Waals surface area contributed by atoms with Crippen molar-refractivity contribution in [2.45, 2.75) is 57.9 Å². The summed E-state index contributed by atoms with van der Waals surface area (Å²) in [7, 11) is 0. The second kappa shape index (κ2) is 9.32. The molecule has 0 saturated carbocycles. The van der Waals surface area contributed by atoms with Crippen LogP contribution >= 0.6 is 0 Å². The number of hydrogen-bond acceptors (Lipinski definition) is 6. The number of benzene rings is 2. The molecular weight excluding hydrogens is 447 g/mol. The summed E-state index contributed by atoms with van der Waals surface area (Å²) in [4.78, 5) is 4.47. The molecule has 2 saturated heterocycles. The third-order valence-corrected chi connectivity index (χ3v) is 7.24. The maximum Gasteiger partial charge on any atom is 0.167 e. The van der Waals surface area contributed by atoms with E-state index in [-0.39, 0.29) is 24.2 Å². The van der Waals surface area contributed by atoms with Gasteiger partial charge in [0.05, 0.1) is 23.4 Å². The average Bonchev–Trinajstić information content (AvgIpc) is 3.26. The molecule has 3 aliphatic heterocycles. The first-order valence-electron chi connectivity index (χ1n) is 12.8. The minimum Gasteiger partial charge on any atom is -0.489 e. The van der Waals surface area contributed by atoms with E-state index in [1.54, 1.807) is 12.1 Å². The van der Waals surface area contributed by atoms with Gasteiger partial charge in [-0.25, -0.2) is 9.07 Å². The molecule has 0 N–H and O–H groups in total. The van der Waals surface area contributed by atoms with E-state index < -0.39 is 0 Å². The largest absolute Gasteiger partial charge is 0.489 e. The highest BCUT2D eigenvalue weighted by Crippen LogP contribution is 2.43. The van der Waals surface area contributed by atoms with Crippen molar-refractivity contribution >= 4 is 22.3 Å². The van der Waals surface area contributed by atoms with Crippen molar-refractivity contribution in [2.75, 3.05) is 37.7 Å². The SMILES string of the molecule is CCCN1CC(Oc2ccc(N3c4cc5cnn(C6CCCCO6)c5cc4OC[C@H]3C)cc2F)C1. The van der Waals surface area contributed by atoms with Gasteiger partial charge in [0.15, 0.2) is 17.8 Å². The molecule has 8 heteroatoms. The van der Waals surface area contributed by atoms with Crippen molar-refractivity contribution in [1.29, 1.82) is 0 Å². The van der Waals surface area contributed by atoms with E-state index in [2.05, 4.69) is 34.8 Å². The molecular formula is C27H33FN4O3. The van der Waals surface area contributed by atoms with E-state index in [9.17, 15) is 0 Å². The van der Waals surface area contributed by atoms with Gasteiger partial charge in [-0.1, -0.05) is 6.92 Å². The van der Waals surface area contributed by atoms with Crippen molar-refractivity contribution in [1.82, 2.24) is 14.7 Å². The van der Waals surface area contributed by atoms with Crippen LogP contribution in [-0.4, -0.2) is 59.7 Å². The Bertz CT molecular complexity index is 1200. The van der Waals surface area contributed by atoms with Gasteiger partial charge < -0.3 is 19.1 Å². The van der Waals surface area contributed by atoms with Gasteiger partial charge in [0, 0.05) is 42.9 Å². The number of fused-ring (bicyclic) bond motifs is 2. The van der Waals surface area contributed by atoms with Crippen molar-refractivity contribution in [3.05, 3.63) is 42.3 Å². The fourth-order valence-electron chi connectivity index (χ4n) is 5.44. The first-order chi connectivity index (χ1) is 17.1. The minimum atomic E-state index is -0.333. The second-order valence-electron chi connectivity index (χ2n) is 9.93. The highest BCUT2D eigenvalue weighted by Gasteiger charge is 2.30. The molecule has 1 unspecified atom stereocenters. The lowest BCUT2D eigenvalue weighted by Gasteiger charge is -2.39. The number of hydrogen-bond donors (Lipinski definition) is 0. The van der Waals surface area contributed by atoms with Crippen molar-refractivity contribution < 1.29 is 18.6 Å². The van der Waals surface area contributed by atoms with Crippen LogP contribution in [0.1, 0.15) is 45.8 Å². The second-order valence-corrected chi connectivity index (χ2v) is 9.93. The van der Waals surface area contributed by atoms with E-state index in [4.69, 9.17) is 14.2 Å². The highest BCUT2D eigenvalue weighted by atomic mass is 19.1. The zero-order valence-electron chi connectivity index (χ0n) is 20.5.